The van der Waals surface area contributed by atoms with Crippen molar-refractivity contribution in [2.24, 2.45) is 5.73 Å². The Morgan fingerprint density at radius 3 is 2.50 bits per heavy atom. The SMILES string of the molecule is CCCC(N)=O.COc1cccc(-c2cc(CC[C@](C)(C(=O)NO)S(C)(=O)=O)no2)c1F. The number of rotatable bonds is 9. The number of methoxy groups -OCH3 is 1. The summed E-state index contributed by atoms with van der Waals surface area (Å²) in [5.74, 6) is -1.67. The van der Waals surface area contributed by atoms with Crippen molar-refractivity contribution < 1.29 is 36.9 Å². The summed E-state index contributed by atoms with van der Waals surface area (Å²) in [5, 5.41) is 12.6. The number of sulfone groups is 1. The summed E-state index contributed by atoms with van der Waals surface area (Å²) in [7, 11) is -2.47. The third kappa shape index (κ3) is 6.76. The Morgan fingerprint density at radius 1 is 1.38 bits per heavy atom. The van der Waals surface area contributed by atoms with Gasteiger partial charge in [0, 0.05) is 18.7 Å². The number of ether oxygens (including phenoxy) is 1. The van der Waals surface area contributed by atoms with Gasteiger partial charge in [-0.15, -0.1) is 0 Å². The molecular formula is C20H28FN3O7S. The molecule has 1 heterocycles. The predicted molar refractivity (Wildman–Crippen MR) is 114 cm³/mol. The number of hydroxylamine groups is 1. The quantitative estimate of drug-likeness (QED) is 0.368. The monoisotopic (exact) mass is 473 g/mol. The van der Waals surface area contributed by atoms with Gasteiger partial charge in [-0.05, 0) is 38.3 Å². The molecule has 0 bridgehead atoms. The molecule has 1 aromatic heterocycles. The minimum absolute atomic E-state index is 0.0460. The smallest absolute Gasteiger partial charge is 0.264 e. The van der Waals surface area contributed by atoms with Gasteiger partial charge in [0.2, 0.25) is 5.91 Å². The number of halogens is 1. The van der Waals surface area contributed by atoms with E-state index in [9.17, 15) is 22.4 Å². The molecule has 0 aliphatic rings. The number of nitrogens with two attached hydrogens (primary N) is 1. The molecule has 12 heteroatoms. The number of primary amides is 1. The molecule has 0 fully saturated rings. The molecular weight excluding hydrogens is 445 g/mol. The lowest BCUT2D eigenvalue weighted by atomic mass is 10.0. The zero-order valence-corrected chi connectivity index (χ0v) is 19.2. The van der Waals surface area contributed by atoms with Crippen molar-refractivity contribution >= 4 is 21.7 Å². The third-order valence-electron chi connectivity index (χ3n) is 4.76. The van der Waals surface area contributed by atoms with E-state index in [0.29, 0.717) is 12.1 Å². The van der Waals surface area contributed by atoms with Crippen molar-refractivity contribution in [3.05, 3.63) is 35.8 Å². The number of hydrogen-bond donors (Lipinski definition) is 3. The van der Waals surface area contributed by atoms with Crippen LogP contribution in [-0.4, -0.2) is 48.7 Å². The van der Waals surface area contributed by atoms with E-state index >= 15 is 0 Å². The van der Waals surface area contributed by atoms with Gasteiger partial charge in [0.1, 0.15) is 4.75 Å². The average Bonchev–Trinajstić information content (AvgIpc) is 3.19. The molecule has 10 nitrogen and oxygen atoms in total. The number of amides is 2. The third-order valence-corrected chi connectivity index (χ3v) is 6.79. The molecule has 0 aliphatic carbocycles. The van der Waals surface area contributed by atoms with Crippen LogP contribution in [0.3, 0.4) is 0 Å². The van der Waals surface area contributed by atoms with E-state index in [4.69, 9.17) is 20.2 Å². The van der Waals surface area contributed by atoms with Gasteiger partial charge in [0.25, 0.3) is 5.91 Å². The number of nitrogens with zero attached hydrogens (tertiary/aromatic N) is 1. The summed E-state index contributed by atoms with van der Waals surface area (Å²) in [6.07, 6.45) is 2.19. The van der Waals surface area contributed by atoms with Crippen molar-refractivity contribution in [2.75, 3.05) is 13.4 Å². The topological polar surface area (TPSA) is 162 Å². The molecule has 0 spiro atoms. The van der Waals surface area contributed by atoms with Crippen LogP contribution in [0.25, 0.3) is 11.3 Å². The van der Waals surface area contributed by atoms with E-state index < -0.39 is 26.3 Å². The molecule has 2 rings (SSSR count). The lowest BCUT2D eigenvalue weighted by molar-refractivity contribution is -0.131. The second-order valence-electron chi connectivity index (χ2n) is 7.16. The fraction of sp³-hybridized carbons (Fsp3) is 0.450. The zero-order valence-electron chi connectivity index (χ0n) is 18.3. The fourth-order valence-corrected chi connectivity index (χ4v) is 3.47. The number of aromatic nitrogens is 1. The molecule has 1 atom stereocenters. The summed E-state index contributed by atoms with van der Waals surface area (Å²) in [5.41, 5.74) is 6.61. The predicted octanol–water partition coefficient (Wildman–Crippen LogP) is 2.00. The number of carbonyl (C=O) groups excluding carboxylic acids is 2. The molecule has 1 aromatic carbocycles. The second-order valence-corrected chi connectivity index (χ2v) is 9.61. The maximum Gasteiger partial charge on any atom is 0.264 e. The molecule has 0 saturated heterocycles. The molecule has 32 heavy (non-hydrogen) atoms. The van der Waals surface area contributed by atoms with Gasteiger partial charge in [0.05, 0.1) is 18.4 Å². The Bertz CT molecular complexity index is 1040. The van der Waals surface area contributed by atoms with Crippen LogP contribution >= 0.6 is 0 Å². The highest BCUT2D eigenvalue weighted by atomic mass is 32.2. The largest absolute Gasteiger partial charge is 0.494 e. The Hall–Kier alpha value is -2.99. The van der Waals surface area contributed by atoms with Crippen LogP contribution in [0, 0.1) is 5.82 Å². The molecule has 178 valence electrons. The van der Waals surface area contributed by atoms with Gasteiger partial charge in [-0.2, -0.15) is 0 Å². The van der Waals surface area contributed by atoms with Gasteiger partial charge >= 0.3 is 0 Å². The Kier molecular flexibility index (Phi) is 9.79. The Morgan fingerprint density at radius 2 is 2.03 bits per heavy atom. The fourth-order valence-electron chi connectivity index (χ4n) is 2.61. The van der Waals surface area contributed by atoms with Crippen LogP contribution in [0.15, 0.2) is 28.8 Å². The van der Waals surface area contributed by atoms with E-state index in [1.807, 2.05) is 6.92 Å². The normalized spacial score (nSPS) is 12.8. The van der Waals surface area contributed by atoms with E-state index in [-0.39, 0.29) is 35.8 Å². The first-order valence-corrected chi connectivity index (χ1v) is 11.5. The minimum atomic E-state index is -3.81. The van der Waals surface area contributed by atoms with E-state index in [1.165, 1.54) is 37.7 Å². The second kappa shape index (κ2) is 11.6. The van der Waals surface area contributed by atoms with E-state index in [2.05, 4.69) is 5.16 Å². The Balaban J connectivity index is 0.000000751. The van der Waals surface area contributed by atoms with Crippen molar-refractivity contribution in [3.8, 4) is 17.1 Å². The molecule has 0 aliphatic heterocycles. The van der Waals surface area contributed by atoms with Gasteiger partial charge in [-0.25, -0.2) is 18.3 Å². The minimum Gasteiger partial charge on any atom is -0.494 e. The number of nitrogens with one attached hydrogen (secondary N) is 1. The molecule has 0 radical (unpaired) electrons. The Labute approximate surface area is 185 Å². The maximum absolute atomic E-state index is 14.3. The van der Waals surface area contributed by atoms with Crippen LogP contribution in [0.2, 0.25) is 0 Å². The number of hydrogen-bond acceptors (Lipinski definition) is 8. The van der Waals surface area contributed by atoms with E-state index in [1.54, 1.807) is 6.07 Å². The van der Waals surface area contributed by atoms with Gasteiger partial charge in [-0.3, -0.25) is 14.8 Å². The van der Waals surface area contributed by atoms with Crippen molar-refractivity contribution in [1.29, 1.82) is 0 Å². The average molecular weight is 474 g/mol. The summed E-state index contributed by atoms with van der Waals surface area (Å²) >= 11 is 0. The summed E-state index contributed by atoms with van der Waals surface area (Å²) in [6, 6.07) is 5.99. The number of aryl methyl sites for hydroxylation is 1. The molecule has 4 N–H and O–H groups in total. The van der Waals surface area contributed by atoms with Crippen molar-refractivity contribution in [3.63, 3.8) is 0 Å². The summed E-state index contributed by atoms with van der Waals surface area (Å²) in [4.78, 5) is 21.6. The lowest BCUT2D eigenvalue weighted by Crippen LogP contribution is -2.49. The zero-order chi connectivity index (χ0) is 24.5. The van der Waals surface area contributed by atoms with E-state index in [0.717, 1.165) is 12.7 Å². The first-order valence-electron chi connectivity index (χ1n) is 9.62. The molecule has 2 aromatic rings. The van der Waals surface area contributed by atoms with Crippen LogP contribution < -0.4 is 16.0 Å². The van der Waals surface area contributed by atoms with Gasteiger partial charge in [0.15, 0.2) is 27.2 Å². The summed E-state index contributed by atoms with van der Waals surface area (Å²) in [6.45, 7) is 3.13. The van der Waals surface area contributed by atoms with Crippen LogP contribution in [0.5, 0.6) is 5.75 Å². The van der Waals surface area contributed by atoms with Crippen LogP contribution in [0.1, 0.15) is 38.8 Å². The highest BCUT2D eigenvalue weighted by molar-refractivity contribution is 7.92. The molecule has 2 amide bonds. The first-order chi connectivity index (χ1) is 14.9. The van der Waals surface area contributed by atoms with Gasteiger partial charge in [-0.1, -0.05) is 18.1 Å². The van der Waals surface area contributed by atoms with Gasteiger partial charge < -0.3 is 15.0 Å². The van der Waals surface area contributed by atoms with Crippen LogP contribution in [-0.2, 0) is 25.8 Å². The molecule has 0 unspecified atom stereocenters. The highest BCUT2D eigenvalue weighted by Crippen LogP contribution is 2.30. The number of carbonyl (C=O) groups is 2. The van der Waals surface area contributed by atoms with Crippen LogP contribution in [0.4, 0.5) is 4.39 Å². The lowest BCUT2D eigenvalue weighted by Gasteiger charge is -2.24. The van der Waals surface area contributed by atoms with Crippen molar-refractivity contribution in [1.82, 2.24) is 10.6 Å². The molecule has 0 saturated carbocycles. The first kappa shape index (κ1) is 27.0. The summed E-state index contributed by atoms with van der Waals surface area (Å²) < 4.78 is 46.3. The maximum atomic E-state index is 14.3. The van der Waals surface area contributed by atoms with Crippen molar-refractivity contribution in [2.45, 2.75) is 44.3 Å². The highest BCUT2D eigenvalue weighted by Gasteiger charge is 2.43. The standard InChI is InChI=1S/C16H19FN2O6S.C4H9NO/c1-16(15(20)18-21,26(3,22)23)8-7-10-9-13(25-19-10)11-5-4-6-12(24-2)14(11)17;1-2-3-4(5)6/h4-6,9,21H,7-8H2,1-3H3,(H,18,20);2-3H2,1H3,(H2,5,6)/t16-;/m1./s1. The number of benzene rings is 1.